The van der Waals surface area contributed by atoms with Gasteiger partial charge in [0.25, 0.3) is 0 Å². The number of hydrogen-bond acceptors (Lipinski definition) is 3. The first-order chi connectivity index (χ1) is 11.5. The Kier molecular flexibility index (Phi) is 5.08. The topological polar surface area (TPSA) is 46.0 Å². The summed E-state index contributed by atoms with van der Waals surface area (Å²) in [6.07, 6.45) is 2.08. The van der Waals surface area contributed by atoms with E-state index in [9.17, 15) is 4.39 Å². The number of aromatic amines is 1. The van der Waals surface area contributed by atoms with Crippen molar-refractivity contribution in [2.24, 2.45) is 5.10 Å². The second-order valence-electron chi connectivity index (χ2n) is 4.98. The van der Waals surface area contributed by atoms with E-state index in [0.717, 1.165) is 11.1 Å². The first kappa shape index (κ1) is 16.8. The molecule has 0 bridgehead atoms. The minimum Gasteiger partial charge on any atom is -0.250 e. The van der Waals surface area contributed by atoms with E-state index in [0.29, 0.717) is 27.1 Å². The number of nitrogens with zero attached hydrogens (tertiary/aromatic N) is 3. The molecule has 1 N–H and O–H groups in total. The van der Waals surface area contributed by atoms with Crippen LogP contribution in [0, 0.1) is 10.6 Å². The molecule has 0 radical (unpaired) electrons. The van der Waals surface area contributed by atoms with Crippen LogP contribution in [0.3, 0.4) is 0 Å². The lowest BCUT2D eigenvalue weighted by molar-refractivity contribution is 0.627. The molecule has 0 spiro atoms. The van der Waals surface area contributed by atoms with Crippen LogP contribution >= 0.6 is 35.4 Å². The highest BCUT2D eigenvalue weighted by Gasteiger charge is 2.07. The van der Waals surface area contributed by atoms with Crippen molar-refractivity contribution in [1.29, 1.82) is 0 Å². The summed E-state index contributed by atoms with van der Waals surface area (Å²) in [5.74, 6) is 0.332. The molecular formula is C16H11Cl2FN4S. The fourth-order valence-corrected chi connectivity index (χ4v) is 2.56. The first-order valence-electron chi connectivity index (χ1n) is 6.93. The molecule has 4 nitrogen and oxygen atoms in total. The molecule has 1 aromatic heterocycles. The van der Waals surface area contributed by atoms with Gasteiger partial charge in [0.1, 0.15) is 5.82 Å². The van der Waals surface area contributed by atoms with Crippen LogP contribution in [0.2, 0.25) is 10.0 Å². The molecule has 3 rings (SSSR count). The predicted molar refractivity (Wildman–Crippen MR) is 96.1 cm³/mol. The van der Waals surface area contributed by atoms with Crippen LogP contribution in [0.25, 0.3) is 0 Å². The Morgan fingerprint density at radius 2 is 1.92 bits per heavy atom. The number of nitrogens with one attached hydrogen (secondary N) is 1. The molecule has 0 amide bonds. The molecule has 0 fully saturated rings. The van der Waals surface area contributed by atoms with Gasteiger partial charge in [-0.3, -0.25) is 5.10 Å². The van der Waals surface area contributed by atoms with Crippen LogP contribution < -0.4 is 0 Å². The summed E-state index contributed by atoms with van der Waals surface area (Å²) in [5.41, 5.74) is 1.68. The van der Waals surface area contributed by atoms with E-state index < -0.39 is 0 Å². The van der Waals surface area contributed by atoms with Crippen molar-refractivity contribution in [2.75, 3.05) is 0 Å². The van der Waals surface area contributed by atoms with E-state index in [4.69, 9.17) is 35.4 Å². The third-order valence-electron chi connectivity index (χ3n) is 3.26. The molecule has 2 aromatic carbocycles. The predicted octanol–water partition coefficient (Wildman–Crippen LogP) is 4.86. The van der Waals surface area contributed by atoms with Gasteiger partial charge in [-0.1, -0.05) is 41.4 Å². The summed E-state index contributed by atoms with van der Waals surface area (Å²) in [6, 6.07) is 11.4. The summed E-state index contributed by atoms with van der Waals surface area (Å²) < 4.78 is 14.9. The lowest BCUT2D eigenvalue weighted by Gasteiger charge is -2.02. The third-order valence-corrected chi connectivity index (χ3v) is 4.26. The van der Waals surface area contributed by atoms with E-state index in [1.54, 1.807) is 36.5 Å². The molecule has 8 heteroatoms. The third kappa shape index (κ3) is 3.90. The highest BCUT2D eigenvalue weighted by atomic mass is 35.5. The van der Waals surface area contributed by atoms with Gasteiger partial charge in [0.05, 0.1) is 16.3 Å². The molecule has 0 aliphatic rings. The number of H-pyrrole nitrogens is 1. The zero-order valence-corrected chi connectivity index (χ0v) is 14.5. The molecular weight excluding hydrogens is 370 g/mol. The van der Waals surface area contributed by atoms with Crippen molar-refractivity contribution in [3.05, 3.63) is 80.0 Å². The van der Waals surface area contributed by atoms with Crippen molar-refractivity contribution in [1.82, 2.24) is 14.9 Å². The van der Waals surface area contributed by atoms with Gasteiger partial charge in [-0.25, -0.2) is 4.39 Å². The fourth-order valence-electron chi connectivity index (χ4n) is 2.06. The SMILES string of the molecule is Fc1ccc(Cc2n[nH]c(=S)n2/N=C\c2ccc(Cl)c(Cl)c2)cc1. The Bertz CT molecular complexity index is 947. The molecule has 0 unspecified atom stereocenters. The van der Waals surface area contributed by atoms with Gasteiger partial charge in [-0.2, -0.15) is 14.9 Å². The minimum absolute atomic E-state index is 0.282. The van der Waals surface area contributed by atoms with Crippen LogP contribution in [0.1, 0.15) is 17.0 Å². The fraction of sp³-hybridized carbons (Fsp3) is 0.0625. The summed E-state index contributed by atoms with van der Waals surface area (Å²) in [4.78, 5) is 0. The van der Waals surface area contributed by atoms with E-state index in [2.05, 4.69) is 15.3 Å². The Labute approximate surface area is 152 Å². The van der Waals surface area contributed by atoms with Gasteiger partial charge in [0.2, 0.25) is 4.77 Å². The van der Waals surface area contributed by atoms with E-state index >= 15 is 0 Å². The molecule has 0 saturated carbocycles. The highest BCUT2D eigenvalue weighted by Crippen LogP contribution is 2.21. The standard InChI is InChI=1S/C16H11Cl2FN4S/c17-13-6-3-11(7-14(13)18)9-20-23-15(21-22-16(23)24)8-10-1-4-12(19)5-2-10/h1-7,9H,8H2,(H,22,24)/b20-9-. The summed E-state index contributed by atoms with van der Waals surface area (Å²) in [6.45, 7) is 0. The maximum atomic E-state index is 13.0. The zero-order chi connectivity index (χ0) is 17.1. The smallest absolute Gasteiger partial charge is 0.216 e. The minimum atomic E-state index is -0.282. The maximum absolute atomic E-state index is 13.0. The van der Waals surface area contributed by atoms with Crippen LogP contribution in [0.5, 0.6) is 0 Å². The molecule has 0 saturated heterocycles. The first-order valence-corrected chi connectivity index (χ1v) is 8.09. The molecule has 24 heavy (non-hydrogen) atoms. The lowest BCUT2D eigenvalue weighted by Crippen LogP contribution is -2.00. The Hall–Kier alpha value is -2.02. The highest BCUT2D eigenvalue weighted by molar-refractivity contribution is 7.71. The monoisotopic (exact) mass is 380 g/mol. The van der Waals surface area contributed by atoms with Gasteiger partial charge in [0, 0.05) is 6.42 Å². The Morgan fingerprint density at radius 3 is 2.62 bits per heavy atom. The van der Waals surface area contributed by atoms with Crippen molar-refractivity contribution >= 4 is 41.6 Å². The van der Waals surface area contributed by atoms with Crippen LogP contribution in [-0.4, -0.2) is 21.1 Å². The number of aromatic nitrogens is 3. The number of rotatable bonds is 4. The molecule has 122 valence electrons. The molecule has 3 aromatic rings. The molecule has 0 atom stereocenters. The molecule has 1 heterocycles. The van der Waals surface area contributed by atoms with Gasteiger partial charge in [0.15, 0.2) is 5.82 Å². The maximum Gasteiger partial charge on any atom is 0.216 e. The van der Waals surface area contributed by atoms with Gasteiger partial charge < -0.3 is 0 Å². The van der Waals surface area contributed by atoms with E-state index in [1.165, 1.54) is 16.8 Å². The van der Waals surface area contributed by atoms with Crippen molar-refractivity contribution in [3.63, 3.8) is 0 Å². The van der Waals surface area contributed by atoms with Gasteiger partial charge in [-0.05, 0) is 47.6 Å². The van der Waals surface area contributed by atoms with E-state index in [1.807, 2.05) is 0 Å². The van der Waals surface area contributed by atoms with Crippen LogP contribution in [-0.2, 0) is 6.42 Å². The van der Waals surface area contributed by atoms with Crippen molar-refractivity contribution in [3.8, 4) is 0 Å². The van der Waals surface area contributed by atoms with Gasteiger partial charge in [-0.15, -0.1) is 0 Å². The van der Waals surface area contributed by atoms with Crippen LogP contribution in [0.4, 0.5) is 4.39 Å². The second kappa shape index (κ2) is 7.25. The number of hydrogen-bond donors (Lipinski definition) is 1. The Morgan fingerprint density at radius 1 is 1.17 bits per heavy atom. The number of benzene rings is 2. The average Bonchev–Trinajstić information content (AvgIpc) is 2.91. The molecule has 0 aliphatic heterocycles. The number of halogens is 3. The lowest BCUT2D eigenvalue weighted by atomic mass is 10.1. The summed E-state index contributed by atoms with van der Waals surface area (Å²) in [7, 11) is 0. The quantitative estimate of drug-likeness (QED) is 0.518. The average molecular weight is 381 g/mol. The zero-order valence-electron chi connectivity index (χ0n) is 12.2. The van der Waals surface area contributed by atoms with Crippen molar-refractivity contribution in [2.45, 2.75) is 6.42 Å². The van der Waals surface area contributed by atoms with E-state index in [-0.39, 0.29) is 5.82 Å². The second-order valence-corrected chi connectivity index (χ2v) is 6.18. The normalized spacial score (nSPS) is 11.3. The Balaban J connectivity index is 1.87. The van der Waals surface area contributed by atoms with Crippen LogP contribution in [0.15, 0.2) is 47.6 Å². The van der Waals surface area contributed by atoms with Gasteiger partial charge >= 0.3 is 0 Å². The summed E-state index contributed by atoms with van der Waals surface area (Å²) in [5, 5.41) is 12.1. The van der Waals surface area contributed by atoms with Crippen molar-refractivity contribution < 1.29 is 4.39 Å². The largest absolute Gasteiger partial charge is 0.250 e. The summed E-state index contributed by atoms with van der Waals surface area (Å²) >= 11 is 17.1. The molecule has 0 aliphatic carbocycles.